The van der Waals surface area contributed by atoms with Gasteiger partial charge in [-0.05, 0) is 43.7 Å². The Morgan fingerprint density at radius 1 is 1.37 bits per heavy atom. The normalized spacial score (nSPS) is 23.4. The Balaban J connectivity index is 1.74. The Morgan fingerprint density at radius 3 is 2.70 bits per heavy atom. The predicted molar refractivity (Wildman–Crippen MR) is 107 cm³/mol. The number of ether oxygens (including phenoxy) is 1. The van der Waals surface area contributed by atoms with Crippen molar-refractivity contribution >= 4 is 29.2 Å². The molecule has 1 saturated carbocycles. The fraction of sp³-hybridized carbons (Fsp3) is 0.526. The molecule has 3 rings (SSSR count). The Kier molecular flexibility index (Phi) is 6.20. The van der Waals surface area contributed by atoms with E-state index in [-0.39, 0.29) is 16.9 Å². The molecule has 30 heavy (non-hydrogen) atoms. The van der Waals surface area contributed by atoms with E-state index < -0.39 is 28.3 Å². The number of hydrogen-bond donors (Lipinski definition) is 3. The van der Waals surface area contributed by atoms with Gasteiger partial charge in [0.05, 0.1) is 11.5 Å². The summed E-state index contributed by atoms with van der Waals surface area (Å²) in [5, 5.41) is 17.6. The van der Waals surface area contributed by atoms with Crippen molar-refractivity contribution in [3.05, 3.63) is 33.9 Å². The molecule has 1 heterocycles. The van der Waals surface area contributed by atoms with E-state index in [4.69, 9.17) is 4.74 Å². The third-order valence-electron chi connectivity index (χ3n) is 5.58. The van der Waals surface area contributed by atoms with Gasteiger partial charge in [-0.2, -0.15) is 5.01 Å². The molecule has 2 aliphatic rings. The summed E-state index contributed by atoms with van der Waals surface area (Å²) in [7, 11) is 1.51. The fourth-order valence-electron chi connectivity index (χ4n) is 3.74. The molecule has 11 heteroatoms. The minimum absolute atomic E-state index is 0.0437. The molecule has 4 amide bonds. The second-order valence-corrected chi connectivity index (χ2v) is 7.68. The summed E-state index contributed by atoms with van der Waals surface area (Å²) in [6.07, 6.45) is 2.63. The van der Waals surface area contributed by atoms with Crippen LogP contribution in [0.15, 0.2) is 18.2 Å². The number of urea groups is 1. The molecule has 1 aliphatic heterocycles. The highest BCUT2D eigenvalue weighted by atomic mass is 16.6. The second kappa shape index (κ2) is 8.66. The van der Waals surface area contributed by atoms with Crippen molar-refractivity contribution in [1.82, 2.24) is 15.8 Å². The molecule has 1 saturated heterocycles. The Hall–Kier alpha value is -3.21. The van der Waals surface area contributed by atoms with Crippen molar-refractivity contribution < 1.29 is 24.0 Å². The first kappa shape index (κ1) is 21.5. The van der Waals surface area contributed by atoms with E-state index in [1.807, 2.05) is 0 Å². The van der Waals surface area contributed by atoms with Crippen molar-refractivity contribution in [2.24, 2.45) is 5.92 Å². The lowest BCUT2D eigenvalue weighted by molar-refractivity contribution is -0.384. The lowest BCUT2D eigenvalue weighted by atomic mass is 9.77. The Morgan fingerprint density at radius 2 is 2.07 bits per heavy atom. The number of amides is 4. The van der Waals surface area contributed by atoms with Crippen LogP contribution in [0, 0.1) is 16.0 Å². The molecular weight excluding hydrogens is 394 g/mol. The molecule has 1 aliphatic carbocycles. The van der Waals surface area contributed by atoms with E-state index >= 15 is 0 Å². The van der Waals surface area contributed by atoms with Gasteiger partial charge >= 0.3 is 6.03 Å². The minimum Gasteiger partial charge on any atom is -0.383 e. The highest BCUT2D eigenvalue weighted by Gasteiger charge is 2.53. The number of nitrogens with one attached hydrogen (secondary N) is 3. The first-order chi connectivity index (χ1) is 14.3. The maximum Gasteiger partial charge on any atom is 0.344 e. The third-order valence-corrected chi connectivity index (χ3v) is 5.58. The summed E-state index contributed by atoms with van der Waals surface area (Å²) in [6.45, 7) is 2.80. The van der Waals surface area contributed by atoms with Crippen LogP contribution in [0.3, 0.4) is 0 Å². The number of carbonyl (C=O) groups excluding carboxylic acids is 3. The lowest BCUT2D eigenvalue weighted by Gasteiger charge is -2.33. The monoisotopic (exact) mass is 419 g/mol. The van der Waals surface area contributed by atoms with Crippen LogP contribution in [0.5, 0.6) is 0 Å². The molecule has 0 unspecified atom stereocenters. The largest absolute Gasteiger partial charge is 0.383 e. The smallest absolute Gasteiger partial charge is 0.344 e. The maximum atomic E-state index is 12.8. The quantitative estimate of drug-likeness (QED) is 0.265. The Labute approximate surface area is 173 Å². The lowest BCUT2D eigenvalue weighted by Crippen LogP contribution is -2.51. The molecule has 0 aromatic heterocycles. The van der Waals surface area contributed by atoms with Crippen molar-refractivity contribution in [2.75, 3.05) is 25.6 Å². The van der Waals surface area contributed by atoms with Crippen molar-refractivity contribution in [3.63, 3.8) is 0 Å². The molecule has 0 bridgehead atoms. The van der Waals surface area contributed by atoms with E-state index in [9.17, 15) is 24.5 Å². The average Bonchev–Trinajstić information content (AvgIpc) is 2.94. The van der Waals surface area contributed by atoms with Gasteiger partial charge in [-0.1, -0.05) is 6.92 Å². The molecule has 3 N–H and O–H groups in total. The zero-order chi connectivity index (χ0) is 21.9. The van der Waals surface area contributed by atoms with E-state index in [1.165, 1.54) is 19.2 Å². The third kappa shape index (κ3) is 4.20. The highest BCUT2D eigenvalue weighted by Crippen LogP contribution is 2.36. The van der Waals surface area contributed by atoms with Crippen molar-refractivity contribution in [3.8, 4) is 0 Å². The van der Waals surface area contributed by atoms with Crippen LogP contribution in [-0.4, -0.2) is 53.6 Å². The van der Waals surface area contributed by atoms with Crippen molar-refractivity contribution in [1.29, 1.82) is 0 Å². The van der Waals surface area contributed by atoms with Gasteiger partial charge < -0.3 is 15.4 Å². The molecule has 162 valence electrons. The molecule has 0 radical (unpaired) electrons. The topological polar surface area (TPSA) is 143 Å². The molecule has 1 aromatic rings. The number of hydrazine groups is 1. The van der Waals surface area contributed by atoms with Gasteiger partial charge in [0.1, 0.15) is 11.2 Å². The van der Waals surface area contributed by atoms with E-state index in [0.717, 1.165) is 18.9 Å². The molecule has 1 aromatic carbocycles. The summed E-state index contributed by atoms with van der Waals surface area (Å²) in [5.74, 6) is -0.813. The van der Waals surface area contributed by atoms with Crippen molar-refractivity contribution in [2.45, 2.75) is 38.1 Å². The number of imide groups is 1. The van der Waals surface area contributed by atoms with Gasteiger partial charge in [-0.15, -0.1) is 0 Å². The molecular formula is C19H25N5O6. The summed E-state index contributed by atoms with van der Waals surface area (Å²) in [5.41, 5.74) is 1.19. The van der Waals surface area contributed by atoms with Gasteiger partial charge in [0, 0.05) is 25.3 Å². The summed E-state index contributed by atoms with van der Waals surface area (Å²) < 4.78 is 4.90. The zero-order valence-corrected chi connectivity index (χ0v) is 16.9. The van der Waals surface area contributed by atoms with Gasteiger partial charge in [0.15, 0.2) is 0 Å². The summed E-state index contributed by atoms with van der Waals surface area (Å²) in [6, 6.07) is 3.18. The first-order valence-corrected chi connectivity index (χ1v) is 9.76. The molecule has 2 fully saturated rings. The molecule has 11 nitrogen and oxygen atoms in total. The summed E-state index contributed by atoms with van der Waals surface area (Å²) >= 11 is 0. The number of nitro benzene ring substituents is 1. The standard InChI is InChI=1S/C19H25N5O6/c1-12-5-7-19(8-6-12)17(26)23(18(27)21-19)22-16(25)13-3-4-14(20-9-10-30-2)15(11-13)24(28)29/h3-4,11-12,20H,5-10H2,1-2H3,(H,21,27)(H,22,25). The number of anilines is 1. The van der Waals surface area contributed by atoms with E-state index in [2.05, 4.69) is 23.0 Å². The number of hydrogen-bond acceptors (Lipinski definition) is 7. The van der Waals surface area contributed by atoms with Crippen LogP contribution in [0.25, 0.3) is 0 Å². The predicted octanol–water partition coefficient (Wildman–Crippen LogP) is 1.80. The van der Waals surface area contributed by atoms with Crippen LogP contribution in [0.4, 0.5) is 16.2 Å². The van der Waals surface area contributed by atoms with Crippen LogP contribution in [0.2, 0.25) is 0 Å². The number of methoxy groups -OCH3 is 1. The van der Waals surface area contributed by atoms with Gasteiger partial charge in [0.25, 0.3) is 17.5 Å². The average molecular weight is 419 g/mol. The fourth-order valence-corrected chi connectivity index (χ4v) is 3.74. The van der Waals surface area contributed by atoms with E-state index in [0.29, 0.717) is 36.9 Å². The van der Waals surface area contributed by atoms with E-state index in [1.54, 1.807) is 0 Å². The Bertz CT molecular complexity index is 865. The molecule has 0 atom stereocenters. The van der Waals surface area contributed by atoms with Crippen LogP contribution >= 0.6 is 0 Å². The van der Waals surface area contributed by atoms with Gasteiger partial charge in [0.2, 0.25) is 0 Å². The SMILES string of the molecule is COCCNc1ccc(C(=O)NN2C(=O)NC3(CCC(C)CC3)C2=O)cc1[N+](=O)[O-]. The van der Waals surface area contributed by atoms with Crippen LogP contribution in [-0.2, 0) is 9.53 Å². The van der Waals surface area contributed by atoms with Gasteiger partial charge in [-0.25, -0.2) is 4.79 Å². The summed E-state index contributed by atoms with van der Waals surface area (Å²) in [4.78, 5) is 48.6. The number of nitrogens with zero attached hydrogens (tertiary/aromatic N) is 2. The minimum atomic E-state index is -0.988. The maximum absolute atomic E-state index is 12.8. The first-order valence-electron chi connectivity index (χ1n) is 9.76. The number of nitro groups is 1. The van der Waals surface area contributed by atoms with Crippen LogP contribution in [0.1, 0.15) is 43.0 Å². The zero-order valence-electron chi connectivity index (χ0n) is 16.9. The number of rotatable bonds is 7. The second-order valence-electron chi connectivity index (χ2n) is 7.68. The molecule has 1 spiro atoms. The van der Waals surface area contributed by atoms with Crippen LogP contribution < -0.4 is 16.1 Å². The number of carbonyl (C=O) groups is 3. The highest BCUT2D eigenvalue weighted by molar-refractivity contribution is 6.09. The number of benzene rings is 1. The van der Waals surface area contributed by atoms with Gasteiger partial charge in [-0.3, -0.25) is 25.1 Å².